The summed E-state index contributed by atoms with van der Waals surface area (Å²) < 4.78 is 5.38. The summed E-state index contributed by atoms with van der Waals surface area (Å²) in [6, 6.07) is 6.40. The first kappa shape index (κ1) is 20.8. The van der Waals surface area contributed by atoms with Gasteiger partial charge in [0.05, 0.1) is 11.1 Å². The molecule has 0 radical (unpaired) electrons. The molecule has 0 N–H and O–H groups in total. The van der Waals surface area contributed by atoms with Crippen LogP contribution in [-0.4, -0.2) is 77.1 Å². The van der Waals surface area contributed by atoms with E-state index in [2.05, 4.69) is 0 Å². The van der Waals surface area contributed by atoms with Gasteiger partial charge in [-0.3, -0.25) is 19.2 Å². The second-order valence-corrected chi connectivity index (χ2v) is 7.93. The fourth-order valence-corrected chi connectivity index (χ4v) is 3.17. The highest BCUT2D eigenvalue weighted by Gasteiger charge is 2.37. The van der Waals surface area contributed by atoms with Crippen LogP contribution < -0.4 is 0 Å². The van der Waals surface area contributed by atoms with Crippen LogP contribution in [0.25, 0.3) is 0 Å². The molecule has 0 unspecified atom stereocenters. The lowest BCUT2D eigenvalue weighted by atomic mass is 10.1. The minimum atomic E-state index is -0.584. The van der Waals surface area contributed by atoms with Gasteiger partial charge in [-0.2, -0.15) is 0 Å². The van der Waals surface area contributed by atoms with Gasteiger partial charge in [-0.25, -0.2) is 4.79 Å². The largest absolute Gasteiger partial charge is 0.444 e. The molecule has 0 atom stereocenters. The highest BCUT2D eigenvalue weighted by molar-refractivity contribution is 6.20. The van der Waals surface area contributed by atoms with Gasteiger partial charge in [0, 0.05) is 26.2 Å². The molecule has 0 aromatic heterocycles. The Labute approximate surface area is 169 Å². The normalized spacial score (nSPS) is 17.3. The molecule has 1 saturated heterocycles. The maximum absolute atomic E-state index is 12.5. The average molecular weight is 403 g/mol. The van der Waals surface area contributed by atoms with Crippen LogP contribution in [0.15, 0.2) is 24.3 Å². The SMILES string of the molecule is CC(C)(C)OC(=O)N1CCCN(C(=O)CON2C(=O)c3ccccc3C2=O)CC1. The molecule has 3 rings (SSSR count). The van der Waals surface area contributed by atoms with Crippen molar-refractivity contribution in [3.8, 4) is 0 Å². The van der Waals surface area contributed by atoms with Crippen LogP contribution >= 0.6 is 0 Å². The summed E-state index contributed by atoms with van der Waals surface area (Å²) in [4.78, 5) is 57.7. The zero-order valence-corrected chi connectivity index (χ0v) is 16.8. The van der Waals surface area contributed by atoms with E-state index in [9.17, 15) is 19.2 Å². The van der Waals surface area contributed by atoms with Gasteiger partial charge in [-0.1, -0.05) is 12.1 Å². The van der Waals surface area contributed by atoms with Crippen molar-refractivity contribution < 1.29 is 28.8 Å². The fraction of sp³-hybridized carbons (Fsp3) is 0.500. The van der Waals surface area contributed by atoms with E-state index in [0.29, 0.717) is 37.7 Å². The maximum Gasteiger partial charge on any atom is 0.410 e. The molecular weight excluding hydrogens is 378 g/mol. The number of hydroxylamine groups is 2. The third-order valence-corrected chi connectivity index (χ3v) is 4.57. The highest BCUT2D eigenvalue weighted by Crippen LogP contribution is 2.22. The van der Waals surface area contributed by atoms with E-state index in [1.165, 1.54) is 0 Å². The summed E-state index contributed by atoms with van der Waals surface area (Å²) in [5.41, 5.74) is -0.0699. The number of rotatable bonds is 3. The number of hydrogen-bond acceptors (Lipinski definition) is 6. The number of carbonyl (C=O) groups is 4. The molecule has 1 fully saturated rings. The van der Waals surface area contributed by atoms with Gasteiger partial charge < -0.3 is 14.5 Å². The van der Waals surface area contributed by atoms with Crippen molar-refractivity contribution in [2.75, 3.05) is 32.8 Å². The third kappa shape index (κ3) is 4.73. The van der Waals surface area contributed by atoms with E-state index >= 15 is 0 Å². The smallest absolute Gasteiger partial charge is 0.410 e. The van der Waals surface area contributed by atoms with E-state index in [-0.39, 0.29) is 17.0 Å². The Bertz CT molecular complexity index is 797. The first-order valence-electron chi connectivity index (χ1n) is 9.54. The Morgan fingerprint density at radius 1 is 0.931 bits per heavy atom. The number of benzene rings is 1. The van der Waals surface area contributed by atoms with E-state index in [1.807, 2.05) is 0 Å². The molecular formula is C20H25N3O6. The van der Waals surface area contributed by atoms with Gasteiger partial charge in [-0.15, -0.1) is 5.06 Å². The molecule has 9 heteroatoms. The quantitative estimate of drug-likeness (QED) is 0.713. The molecule has 1 aromatic carbocycles. The highest BCUT2D eigenvalue weighted by atomic mass is 16.7. The van der Waals surface area contributed by atoms with Crippen molar-refractivity contribution >= 4 is 23.8 Å². The van der Waals surface area contributed by atoms with Crippen molar-refractivity contribution in [1.29, 1.82) is 0 Å². The van der Waals surface area contributed by atoms with Gasteiger partial charge in [0.15, 0.2) is 6.61 Å². The third-order valence-electron chi connectivity index (χ3n) is 4.57. The molecule has 0 spiro atoms. The number of nitrogens with zero attached hydrogens (tertiary/aromatic N) is 3. The number of hydrogen-bond donors (Lipinski definition) is 0. The van der Waals surface area contributed by atoms with E-state index in [4.69, 9.17) is 9.57 Å². The zero-order valence-electron chi connectivity index (χ0n) is 16.8. The van der Waals surface area contributed by atoms with E-state index in [1.54, 1.807) is 54.8 Å². The number of ether oxygens (including phenoxy) is 1. The molecule has 2 aliphatic rings. The molecule has 9 nitrogen and oxygen atoms in total. The lowest BCUT2D eigenvalue weighted by Gasteiger charge is -2.26. The Morgan fingerprint density at radius 3 is 2.07 bits per heavy atom. The Hall–Kier alpha value is -2.94. The lowest BCUT2D eigenvalue weighted by Crippen LogP contribution is -2.42. The summed E-state index contributed by atoms with van der Waals surface area (Å²) in [6.07, 6.45) is 0.187. The molecule has 0 saturated carbocycles. The minimum Gasteiger partial charge on any atom is -0.444 e. The molecule has 156 valence electrons. The van der Waals surface area contributed by atoms with Crippen LogP contribution in [0.5, 0.6) is 0 Å². The minimum absolute atomic E-state index is 0.257. The van der Waals surface area contributed by atoms with Crippen LogP contribution in [0.1, 0.15) is 47.9 Å². The van der Waals surface area contributed by atoms with Crippen LogP contribution in [0.3, 0.4) is 0 Å². The predicted octanol–water partition coefficient (Wildman–Crippen LogP) is 1.68. The standard InChI is InChI=1S/C20H25N3O6/c1-20(2,3)29-19(27)22-10-6-9-21(11-12-22)16(24)13-28-23-17(25)14-7-4-5-8-15(14)18(23)26/h4-5,7-8H,6,9-13H2,1-3H3. The van der Waals surface area contributed by atoms with Crippen molar-refractivity contribution in [2.45, 2.75) is 32.8 Å². The molecule has 1 aromatic rings. The topological polar surface area (TPSA) is 96.5 Å². The monoisotopic (exact) mass is 403 g/mol. The van der Waals surface area contributed by atoms with Crippen molar-refractivity contribution in [3.05, 3.63) is 35.4 Å². The Kier molecular flexibility index (Phi) is 5.88. The zero-order chi connectivity index (χ0) is 21.2. The second-order valence-electron chi connectivity index (χ2n) is 7.93. The molecule has 29 heavy (non-hydrogen) atoms. The molecule has 0 aliphatic carbocycles. The predicted molar refractivity (Wildman–Crippen MR) is 102 cm³/mol. The van der Waals surface area contributed by atoms with E-state index in [0.717, 1.165) is 0 Å². The van der Waals surface area contributed by atoms with Gasteiger partial charge in [0.1, 0.15) is 5.60 Å². The van der Waals surface area contributed by atoms with Crippen molar-refractivity contribution in [1.82, 2.24) is 14.9 Å². The first-order valence-corrected chi connectivity index (χ1v) is 9.54. The van der Waals surface area contributed by atoms with Gasteiger partial charge in [0.25, 0.3) is 17.7 Å². The molecule has 4 amide bonds. The number of amides is 4. The second kappa shape index (κ2) is 8.20. The van der Waals surface area contributed by atoms with Gasteiger partial charge in [0.2, 0.25) is 0 Å². The lowest BCUT2D eigenvalue weighted by molar-refractivity contribution is -0.149. The van der Waals surface area contributed by atoms with Crippen molar-refractivity contribution in [2.24, 2.45) is 0 Å². The first-order chi connectivity index (χ1) is 13.7. The van der Waals surface area contributed by atoms with Crippen LogP contribution in [0.4, 0.5) is 4.79 Å². The van der Waals surface area contributed by atoms with E-state index < -0.39 is 30.1 Å². The Balaban J connectivity index is 1.52. The maximum atomic E-state index is 12.5. The van der Waals surface area contributed by atoms with Gasteiger partial charge in [-0.05, 0) is 39.3 Å². The van der Waals surface area contributed by atoms with Crippen LogP contribution in [0, 0.1) is 0 Å². The van der Waals surface area contributed by atoms with Crippen LogP contribution in [0.2, 0.25) is 0 Å². The number of carbonyl (C=O) groups excluding carboxylic acids is 4. The number of imide groups is 1. The summed E-state index contributed by atoms with van der Waals surface area (Å²) in [7, 11) is 0. The summed E-state index contributed by atoms with van der Waals surface area (Å²) in [5.74, 6) is -1.51. The van der Waals surface area contributed by atoms with Gasteiger partial charge >= 0.3 is 6.09 Å². The summed E-state index contributed by atoms with van der Waals surface area (Å²) in [5, 5.41) is 0.632. The molecule has 2 heterocycles. The summed E-state index contributed by atoms with van der Waals surface area (Å²) in [6.45, 7) is 6.57. The fourth-order valence-electron chi connectivity index (χ4n) is 3.17. The average Bonchev–Trinajstić information content (AvgIpc) is 2.83. The Morgan fingerprint density at radius 2 is 1.48 bits per heavy atom. The number of fused-ring (bicyclic) bond motifs is 1. The summed E-state index contributed by atoms with van der Waals surface area (Å²) >= 11 is 0. The van der Waals surface area contributed by atoms with Crippen molar-refractivity contribution in [3.63, 3.8) is 0 Å². The van der Waals surface area contributed by atoms with Crippen LogP contribution in [-0.2, 0) is 14.4 Å². The molecule has 0 bridgehead atoms. The molecule has 2 aliphatic heterocycles.